The fourth-order valence-corrected chi connectivity index (χ4v) is 0.723. The van der Waals surface area contributed by atoms with E-state index in [2.05, 4.69) is 0 Å². The molecule has 0 aromatic carbocycles. The minimum atomic E-state index is -1.05. The molecule has 0 aromatic rings. The Balaban J connectivity index is 3.59. The Labute approximate surface area is 71.7 Å². The number of carbonyl (C=O) groups is 1. The van der Waals surface area contributed by atoms with E-state index in [-0.39, 0.29) is 6.04 Å². The summed E-state index contributed by atoms with van der Waals surface area (Å²) in [6.07, 6.45) is 2.68. The largest absolute Gasteiger partial charge is 0.478 e. The third-order valence-corrected chi connectivity index (χ3v) is 1.38. The Morgan fingerprint density at radius 3 is 2.58 bits per heavy atom. The van der Waals surface area contributed by atoms with Crippen LogP contribution in [0.15, 0.2) is 12.2 Å². The van der Waals surface area contributed by atoms with Gasteiger partial charge in [-0.2, -0.15) is 0 Å². The zero-order chi connectivity index (χ0) is 9.56. The molecule has 0 rings (SSSR count). The Bertz CT molecular complexity index is 166. The summed E-state index contributed by atoms with van der Waals surface area (Å²) in [5, 5.41) is 17.4. The second-order valence-corrected chi connectivity index (χ2v) is 2.82. The van der Waals surface area contributed by atoms with Gasteiger partial charge in [-0.3, -0.25) is 0 Å². The summed E-state index contributed by atoms with van der Waals surface area (Å²) in [6, 6.07) is 0.0397. The fraction of sp³-hybridized carbons (Fsp3) is 0.625. The molecule has 0 aliphatic carbocycles. The molecule has 0 saturated heterocycles. The first-order chi connectivity index (χ1) is 5.52. The molecule has 0 saturated carbocycles. The molecule has 4 nitrogen and oxygen atoms in total. The van der Waals surface area contributed by atoms with Crippen LogP contribution in [0.1, 0.15) is 19.8 Å². The monoisotopic (exact) mass is 173 g/mol. The van der Waals surface area contributed by atoms with E-state index in [1.54, 1.807) is 0 Å². The van der Waals surface area contributed by atoms with Gasteiger partial charge in [0.15, 0.2) is 0 Å². The second kappa shape index (κ2) is 5.74. The van der Waals surface area contributed by atoms with Gasteiger partial charge < -0.3 is 15.9 Å². The Morgan fingerprint density at radius 1 is 1.58 bits per heavy atom. The summed E-state index contributed by atoms with van der Waals surface area (Å²) >= 11 is 0. The average Bonchev–Trinajstić information content (AvgIpc) is 1.96. The number of hydrogen-bond acceptors (Lipinski definition) is 3. The first-order valence-electron chi connectivity index (χ1n) is 3.87. The van der Waals surface area contributed by atoms with Crippen LogP contribution in [0.2, 0.25) is 0 Å². The van der Waals surface area contributed by atoms with Gasteiger partial charge in [-0.05, 0) is 25.8 Å². The van der Waals surface area contributed by atoms with Crippen LogP contribution in [0.25, 0.3) is 0 Å². The molecule has 0 spiro atoms. The highest BCUT2D eigenvalue weighted by Gasteiger charge is 2.01. The average molecular weight is 173 g/mol. The molecule has 2 atom stereocenters. The summed E-state index contributed by atoms with van der Waals surface area (Å²) in [4.78, 5) is 10.0. The van der Waals surface area contributed by atoms with E-state index in [0.29, 0.717) is 12.8 Å². The van der Waals surface area contributed by atoms with Gasteiger partial charge in [-0.1, -0.05) is 0 Å². The zero-order valence-electron chi connectivity index (χ0n) is 7.10. The highest BCUT2D eigenvalue weighted by molar-refractivity contribution is 5.79. The molecule has 0 unspecified atom stereocenters. The zero-order valence-corrected chi connectivity index (χ0v) is 7.10. The smallest absolute Gasteiger partial charge is 0.328 e. The van der Waals surface area contributed by atoms with Crippen LogP contribution in [0.4, 0.5) is 0 Å². The maximum Gasteiger partial charge on any atom is 0.328 e. The summed E-state index contributed by atoms with van der Waals surface area (Å²) < 4.78 is 0. The van der Waals surface area contributed by atoms with Crippen LogP contribution in [-0.4, -0.2) is 28.3 Å². The number of rotatable bonds is 5. The molecule has 70 valence electrons. The van der Waals surface area contributed by atoms with Crippen molar-refractivity contribution in [1.29, 1.82) is 0 Å². The van der Waals surface area contributed by atoms with Crippen molar-refractivity contribution in [2.75, 3.05) is 0 Å². The third kappa shape index (κ3) is 7.24. The van der Waals surface area contributed by atoms with Gasteiger partial charge in [-0.15, -0.1) is 0 Å². The molecule has 4 N–H and O–H groups in total. The van der Waals surface area contributed by atoms with Gasteiger partial charge in [-0.25, -0.2) is 4.79 Å². The predicted molar refractivity (Wildman–Crippen MR) is 45.7 cm³/mol. The molecule has 4 heteroatoms. The summed E-state index contributed by atoms with van der Waals surface area (Å²) in [6.45, 7) is 1.84. The highest BCUT2D eigenvalue weighted by Crippen LogP contribution is 2.00. The molecule has 0 fully saturated rings. The van der Waals surface area contributed by atoms with Gasteiger partial charge in [0.2, 0.25) is 0 Å². The number of nitrogens with two attached hydrogens (primary N) is 1. The predicted octanol–water partition coefficient (Wildman–Crippen LogP) is 0.115. The van der Waals surface area contributed by atoms with E-state index in [1.807, 2.05) is 6.92 Å². The lowest BCUT2D eigenvalue weighted by atomic mass is 10.1. The van der Waals surface area contributed by atoms with Gasteiger partial charge in [0.05, 0.1) is 6.10 Å². The van der Waals surface area contributed by atoms with E-state index >= 15 is 0 Å². The molecule has 0 aliphatic rings. The maximum absolute atomic E-state index is 10.0. The van der Waals surface area contributed by atoms with Crippen LogP contribution >= 0.6 is 0 Å². The Morgan fingerprint density at radius 2 is 2.17 bits per heavy atom. The van der Waals surface area contributed by atoms with E-state index in [4.69, 9.17) is 15.9 Å². The number of carboxylic acids is 1. The van der Waals surface area contributed by atoms with E-state index in [9.17, 15) is 4.79 Å². The lowest BCUT2D eigenvalue weighted by Gasteiger charge is -2.06. The molecule has 0 aromatic heterocycles. The van der Waals surface area contributed by atoms with Gasteiger partial charge >= 0.3 is 5.97 Å². The molecule has 12 heavy (non-hydrogen) atoms. The van der Waals surface area contributed by atoms with Crippen molar-refractivity contribution in [3.8, 4) is 0 Å². The first kappa shape index (κ1) is 11.1. The van der Waals surface area contributed by atoms with Crippen LogP contribution in [0.5, 0.6) is 0 Å². The van der Waals surface area contributed by atoms with Crippen LogP contribution in [0, 0.1) is 0 Å². The minimum Gasteiger partial charge on any atom is -0.478 e. The number of aliphatic carboxylic acids is 1. The van der Waals surface area contributed by atoms with Crippen LogP contribution in [-0.2, 0) is 4.79 Å². The Hall–Kier alpha value is -0.870. The number of carboxylic acid groups (broad SMARTS) is 1. The lowest BCUT2D eigenvalue weighted by Crippen LogP contribution is -2.17. The fourth-order valence-electron chi connectivity index (χ4n) is 0.723. The van der Waals surface area contributed by atoms with Crippen molar-refractivity contribution < 1.29 is 15.0 Å². The molecule has 0 radical (unpaired) electrons. The van der Waals surface area contributed by atoms with Gasteiger partial charge in [0, 0.05) is 12.1 Å². The maximum atomic E-state index is 10.0. The van der Waals surface area contributed by atoms with Crippen molar-refractivity contribution in [3.63, 3.8) is 0 Å². The Kier molecular flexibility index (Phi) is 5.32. The highest BCUT2D eigenvalue weighted by atomic mass is 16.4. The van der Waals surface area contributed by atoms with Crippen molar-refractivity contribution in [1.82, 2.24) is 0 Å². The molecule has 0 heterocycles. The van der Waals surface area contributed by atoms with E-state index in [1.165, 1.54) is 6.08 Å². The summed E-state index contributed by atoms with van der Waals surface area (Å²) in [5.74, 6) is -1.05. The number of aliphatic hydroxyl groups is 1. The van der Waals surface area contributed by atoms with E-state index in [0.717, 1.165) is 6.08 Å². The standard InChI is InChI=1S/C8H15NO3/c1-6(9)2-3-7(10)4-5-8(11)12/h4-7,10H,2-3,9H2,1H3,(H,11,12)/b5-4+/t6-,7-/m0/s1. The molecular weight excluding hydrogens is 158 g/mol. The molecule has 0 bridgehead atoms. The van der Waals surface area contributed by atoms with Gasteiger partial charge in [0.1, 0.15) is 0 Å². The van der Waals surface area contributed by atoms with Crippen LogP contribution < -0.4 is 5.73 Å². The quantitative estimate of drug-likeness (QED) is 0.515. The lowest BCUT2D eigenvalue weighted by molar-refractivity contribution is -0.131. The van der Waals surface area contributed by atoms with Crippen LogP contribution in [0.3, 0.4) is 0 Å². The molecular formula is C8H15NO3. The minimum absolute atomic E-state index is 0.0397. The topological polar surface area (TPSA) is 83.5 Å². The van der Waals surface area contributed by atoms with Crippen molar-refractivity contribution in [2.24, 2.45) is 5.73 Å². The normalized spacial score (nSPS) is 16.2. The third-order valence-electron chi connectivity index (χ3n) is 1.38. The number of hydrogen-bond donors (Lipinski definition) is 3. The van der Waals surface area contributed by atoms with Crippen molar-refractivity contribution >= 4 is 5.97 Å². The summed E-state index contributed by atoms with van der Waals surface area (Å²) in [5.41, 5.74) is 5.45. The molecule has 0 amide bonds. The first-order valence-corrected chi connectivity index (χ1v) is 3.87. The molecule has 0 aliphatic heterocycles. The second-order valence-electron chi connectivity index (χ2n) is 2.82. The SMILES string of the molecule is C[C@H](N)CC[C@H](O)/C=C/C(=O)O. The van der Waals surface area contributed by atoms with Crippen molar-refractivity contribution in [2.45, 2.75) is 31.9 Å². The summed E-state index contributed by atoms with van der Waals surface area (Å²) in [7, 11) is 0. The van der Waals surface area contributed by atoms with E-state index < -0.39 is 12.1 Å². The number of aliphatic hydroxyl groups excluding tert-OH is 1. The van der Waals surface area contributed by atoms with Crippen molar-refractivity contribution in [3.05, 3.63) is 12.2 Å². The van der Waals surface area contributed by atoms with Gasteiger partial charge in [0.25, 0.3) is 0 Å².